The Hall–Kier alpha value is -1.31. The fraction of sp³-hybridized carbons (Fsp3) is 0.846. The lowest BCUT2D eigenvalue weighted by atomic mass is 9.97. The first kappa shape index (κ1) is 17.7. The minimum Gasteiger partial charge on any atom is -0.353 e. The highest BCUT2D eigenvalue weighted by Crippen LogP contribution is 2.30. The molecule has 21 heavy (non-hydrogen) atoms. The number of nitrogens with zero attached hydrogens (tertiary/aromatic N) is 1. The number of rotatable bonds is 4. The zero-order valence-corrected chi connectivity index (χ0v) is 12.3. The van der Waals surface area contributed by atoms with Crippen LogP contribution in [-0.2, 0) is 9.59 Å². The first-order chi connectivity index (χ1) is 9.59. The van der Waals surface area contributed by atoms with Gasteiger partial charge in [0.1, 0.15) is 0 Å². The second-order valence-corrected chi connectivity index (χ2v) is 5.58. The largest absolute Gasteiger partial charge is 0.415 e. The smallest absolute Gasteiger partial charge is 0.353 e. The van der Waals surface area contributed by atoms with E-state index in [9.17, 15) is 22.8 Å². The molecule has 5 nitrogen and oxygen atoms in total. The molecule has 0 aliphatic carbocycles. The molecule has 1 fully saturated rings. The molecule has 1 rings (SSSR count). The average Bonchev–Trinajstić information content (AvgIpc) is 2.37. The van der Waals surface area contributed by atoms with E-state index >= 15 is 0 Å². The van der Waals surface area contributed by atoms with E-state index in [2.05, 4.69) is 5.32 Å². The summed E-state index contributed by atoms with van der Waals surface area (Å²) in [6, 6.07) is -0.0944. The molecule has 1 aliphatic rings. The van der Waals surface area contributed by atoms with Crippen LogP contribution in [0.2, 0.25) is 0 Å². The van der Waals surface area contributed by atoms with Gasteiger partial charge in [0.25, 0.3) is 5.91 Å². The lowest BCUT2D eigenvalue weighted by Gasteiger charge is -2.37. The van der Waals surface area contributed by atoms with Gasteiger partial charge in [-0.3, -0.25) is 9.59 Å². The second kappa shape index (κ2) is 6.64. The molecule has 0 spiro atoms. The SMILES string of the molecule is CCCC(=O)NC1CCN(C(=O)C(C)(N)C(F)(F)F)CC1. The summed E-state index contributed by atoms with van der Waals surface area (Å²) in [7, 11) is 0. The third kappa shape index (κ3) is 4.33. The minimum absolute atomic E-state index is 0.0683. The number of hydrogen-bond donors (Lipinski definition) is 2. The van der Waals surface area contributed by atoms with Crippen molar-refractivity contribution in [3.63, 3.8) is 0 Å². The first-order valence-electron chi connectivity index (χ1n) is 7.04. The van der Waals surface area contributed by atoms with Crippen LogP contribution in [0.25, 0.3) is 0 Å². The van der Waals surface area contributed by atoms with Crippen molar-refractivity contribution >= 4 is 11.8 Å². The van der Waals surface area contributed by atoms with E-state index in [4.69, 9.17) is 5.73 Å². The zero-order chi connectivity index (χ0) is 16.3. The van der Waals surface area contributed by atoms with Crippen LogP contribution >= 0.6 is 0 Å². The highest BCUT2D eigenvalue weighted by Gasteiger charge is 2.55. The summed E-state index contributed by atoms with van der Waals surface area (Å²) in [5.74, 6) is -1.19. The molecule has 122 valence electrons. The number of likely N-dealkylation sites (tertiary alicyclic amines) is 1. The Morgan fingerprint density at radius 3 is 2.24 bits per heavy atom. The number of hydrogen-bond acceptors (Lipinski definition) is 3. The van der Waals surface area contributed by atoms with Gasteiger partial charge in [-0.2, -0.15) is 13.2 Å². The normalized spacial score (nSPS) is 20.0. The molecule has 0 aromatic rings. The van der Waals surface area contributed by atoms with Crippen molar-refractivity contribution in [1.29, 1.82) is 0 Å². The molecule has 1 unspecified atom stereocenters. The van der Waals surface area contributed by atoms with Gasteiger partial charge in [0.05, 0.1) is 0 Å². The van der Waals surface area contributed by atoms with E-state index < -0.39 is 17.6 Å². The third-order valence-corrected chi connectivity index (χ3v) is 3.66. The standard InChI is InChI=1S/C13H22F3N3O2/c1-3-4-10(20)18-9-5-7-19(8-6-9)11(21)12(2,17)13(14,15)16/h9H,3-8,17H2,1-2H3,(H,18,20). The lowest BCUT2D eigenvalue weighted by molar-refractivity contribution is -0.194. The molecule has 2 amide bonds. The van der Waals surface area contributed by atoms with Crippen LogP contribution in [0.15, 0.2) is 0 Å². The van der Waals surface area contributed by atoms with Crippen molar-refractivity contribution in [3.05, 3.63) is 0 Å². The van der Waals surface area contributed by atoms with Crippen LogP contribution < -0.4 is 11.1 Å². The van der Waals surface area contributed by atoms with Gasteiger partial charge in [0.2, 0.25) is 5.91 Å². The summed E-state index contributed by atoms with van der Waals surface area (Å²) in [5, 5.41) is 2.82. The summed E-state index contributed by atoms with van der Waals surface area (Å²) in [4.78, 5) is 24.5. The number of piperidine rings is 1. The van der Waals surface area contributed by atoms with Crippen LogP contribution in [0, 0.1) is 0 Å². The second-order valence-electron chi connectivity index (χ2n) is 5.58. The molecular weight excluding hydrogens is 287 g/mol. The van der Waals surface area contributed by atoms with Crippen molar-refractivity contribution in [1.82, 2.24) is 10.2 Å². The van der Waals surface area contributed by atoms with E-state index in [0.717, 1.165) is 11.3 Å². The predicted octanol–water partition coefficient (Wildman–Crippen LogP) is 1.17. The average molecular weight is 309 g/mol. The fourth-order valence-corrected chi connectivity index (χ4v) is 2.20. The molecule has 1 aliphatic heterocycles. The van der Waals surface area contributed by atoms with E-state index in [1.54, 1.807) is 0 Å². The molecule has 0 aromatic carbocycles. The molecule has 3 N–H and O–H groups in total. The van der Waals surface area contributed by atoms with Crippen LogP contribution in [0.3, 0.4) is 0 Å². The van der Waals surface area contributed by atoms with Crippen LogP contribution in [0.1, 0.15) is 39.5 Å². The molecule has 1 atom stereocenters. The Labute approximate surface area is 122 Å². The Balaban J connectivity index is 2.53. The van der Waals surface area contributed by atoms with Crippen molar-refractivity contribution in [3.8, 4) is 0 Å². The molecule has 0 saturated carbocycles. The fourth-order valence-electron chi connectivity index (χ4n) is 2.20. The maximum atomic E-state index is 12.7. The Morgan fingerprint density at radius 1 is 1.29 bits per heavy atom. The van der Waals surface area contributed by atoms with Crippen molar-refractivity contribution in [2.24, 2.45) is 5.73 Å². The summed E-state index contributed by atoms with van der Waals surface area (Å²) in [6.45, 7) is 2.90. The number of nitrogens with two attached hydrogens (primary N) is 1. The van der Waals surface area contributed by atoms with Crippen LogP contribution in [0.5, 0.6) is 0 Å². The summed E-state index contributed by atoms with van der Waals surface area (Å²) >= 11 is 0. The van der Waals surface area contributed by atoms with E-state index in [1.165, 1.54) is 0 Å². The van der Waals surface area contributed by atoms with Crippen molar-refractivity contribution < 1.29 is 22.8 Å². The van der Waals surface area contributed by atoms with Gasteiger partial charge in [-0.15, -0.1) is 0 Å². The van der Waals surface area contributed by atoms with Crippen LogP contribution in [-0.4, -0.2) is 47.6 Å². The Bertz CT molecular complexity index is 389. The quantitative estimate of drug-likeness (QED) is 0.818. The van der Waals surface area contributed by atoms with Gasteiger partial charge in [-0.05, 0) is 26.2 Å². The maximum Gasteiger partial charge on any atom is 0.415 e. The van der Waals surface area contributed by atoms with E-state index in [0.29, 0.717) is 26.2 Å². The molecule has 0 bridgehead atoms. The molecule has 1 saturated heterocycles. The molecule has 0 aromatic heterocycles. The Kier molecular flexibility index (Phi) is 5.61. The van der Waals surface area contributed by atoms with E-state index in [1.807, 2.05) is 6.92 Å². The minimum atomic E-state index is -4.78. The number of alkyl halides is 3. The van der Waals surface area contributed by atoms with Gasteiger partial charge in [-0.25, -0.2) is 0 Å². The molecule has 8 heteroatoms. The molecule has 0 radical (unpaired) electrons. The first-order valence-corrected chi connectivity index (χ1v) is 7.04. The number of amides is 2. The van der Waals surface area contributed by atoms with Crippen molar-refractivity contribution in [2.45, 2.75) is 57.3 Å². The van der Waals surface area contributed by atoms with Gasteiger partial charge in [-0.1, -0.05) is 6.92 Å². The molecular formula is C13H22F3N3O2. The van der Waals surface area contributed by atoms with E-state index in [-0.39, 0.29) is 25.0 Å². The third-order valence-electron chi connectivity index (χ3n) is 3.66. The van der Waals surface area contributed by atoms with Gasteiger partial charge in [0.15, 0.2) is 5.54 Å². The number of carbonyl (C=O) groups excluding carboxylic acids is 2. The lowest BCUT2D eigenvalue weighted by Crippen LogP contribution is -2.63. The number of halogens is 3. The zero-order valence-electron chi connectivity index (χ0n) is 12.3. The summed E-state index contributed by atoms with van der Waals surface area (Å²) < 4.78 is 38.2. The predicted molar refractivity (Wildman–Crippen MR) is 71.3 cm³/mol. The van der Waals surface area contributed by atoms with Gasteiger partial charge in [0, 0.05) is 25.6 Å². The van der Waals surface area contributed by atoms with Gasteiger partial charge < -0.3 is 16.0 Å². The highest BCUT2D eigenvalue weighted by atomic mass is 19.4. The van der Waals surface area contributed by atoms with Crippen molar-refractivity contribution in [2.75, 3.05) is 13.1 Å². The molecule has 1 heterocycles. The summed E-state index contributed by atoms with van der Waals surface area (Å²) in [6.07, 6.45) is -2.74. The van der Waals surface area contributed by atoms with Gasteiger partial charge >= 0.3 is 6.18 Å². The number of carbonyl (C=O) groups is 2. The highest BCUT2D eigenvalue weighted by molar-refractivity contribution is 5.86. The Morgan fingerprint density at radius 2 is 1.81 bits per heavy atom. The summed E-state index contributed by atoms with van der Waals surface area (Å²) in [5.41, 5.74) is 2.27. The van der Waals surface area contributed by atoms with Crippen LogP contribution in [0.4, 0.5) is 13.2 Å². The topological polar surface area (TPSA) is 75.4 Å². The maximum absolute atomic E-state index is 12.7. The number of nitrogens with one attached hydrogen (secondary N) is 1. The monoisotopic (exact) mass is 309 g/mol.